The van der Waals surface area contributed by atoms with Gasteiger partial charge < -0.3 is 15.5 Å². The Morgan fingerprint density at radius 1 is 1.20 bits per heavy atom. The van der Waals surface area contributed by atoms with Gasteiger partial charge in [-0.3, -0.25) is 4.79 Å². The molecule has 25 heavy (non-hydrogen) atoms. The Morgan fingerprint density at radius 2 is 1.96 bits per heavy atom. The molecular formula is C19H28ClN3O2. The molecule has 1 aliphatic heterocycles. The minimum atomic E-state index is -0.0299. The first-order valence-corrected chi connectivity index (χ1v) is 9.48. The van der Waals surface area contributed by atoms with Gasteiger partial charge in [0.25, 0.3) is 0 Å². The number of anilines is 1. The average molecular weight is 366 g/mol. The number of benzene rings is 1. The fourth-order valence-corrected chi connectivity index (χ4v) is 3.35. The minimum absolute atomic E-state index is 0.0299. The molecule has 0 aliphatic carbocycles. The van der Waals surface area contributed by atoms with E-state index in [1.807, 2.05) is 17.0 Å². The van der Waals surface area contributed by atoms with E-state index in [0.29, 0.717) is 10.9 Å². The molecule has 2 rings (SSSR count). The van der Waals surface area contributed by atoms with Crippen molar-refractivity contribution in [2.45, 2.75) is 45.4 Å². The highest BCUT2D eigenvalue weighted by Crippen LogP contribution is 2.23. The topological polar surface area (TPSA) is 61.4 Å². The molecule has 0 radical (unpaired) electrons. The van der Waals surface area contributed by atoms with Crippen molar-refractivity contribution in [1.29, 1.82) is 0 Å². The van der Waals surface area contributed by atoms with Gasteiger partial charge in [0.2, 0.25) is 5.91 Å². The summed E-state index contributed by atoms with van der Waals surface area (Å²) in [6, 6.07) is 7.15. The van der Waals surface area contributed by atoms with Crippen molar-refractivity contribution in [1.82, 2.24) is 10.2 Å². The first kappa shape index (κ1) is 19.6. The molecule has 3 amide bonds. The third kappa shape index (κ3) is 7.34. The van der Waals surface area contributed by atoms with Crippen LogP contribution in [0.4, 0.5) is 10.5 Å². The van der Waals surface area contributed by atoms with Crippen LogP contribution in [-0.2, 0) is 4.79 Å². The molecule has 1 fully saturated rings. The molecule has 1 heterocycles. The summed E-state index contributed by atoms with van der Waals surface area (Å²) in [5, 5.41) is 6.43. The largest absolute Gasteiger partial charge is 0.356 e. The lowest BCUT2D eigenvalue weighted by Crippen LogP contribution is -2.42. The molecule has 0 bridgehead atoms. The molecule has 0 spiro atoms. The molecule has 1 aromatic carbocycles. The zero-order valence-corrected chi connectivity index (χ0v) is 15.6. The van der Waals surface area contributed by atoms with E-state index < -0.39 is 0 Å². The molecule has 0 unspecified atom stereocenters. The normalized spacial score (nSPS) is 17.2. The van der Waals surface area contributed by atoms with E-state index in [4.69, 9.17) is 11.6 Å². The van der Waals surface area contributed by atoms with Crippen molar-refractivity contribution >= 4 is 29.2 Å². The smallest absolute Gasteiger partial charge is 0.321 e. The van der Waals surface area contributed by atoms with Crippen LogP contribution in [0, 0.1) is 5.92 Å². The quantitative estimate of drug-likeness (QED) is 0.708. The number of nitrogens with one attached hydrogen (secondary N) is 2. The highest BCUT2D eigenvalue weighted by atomic mass is 35.5. The van der Waals surface area contributed by atoms with E-state index >= 15 is 0 Å². The van der Waals surface area contributed by atoms with Crippen LogP contribution in [0.2, 0.25) is 5.02 Å². The lowest BCUT2D eigenvalue weighted by molar-refractivity contribution is -0.118. The van der Waals surface area contributed by atoms with Gasteiger partial charge in [0.15, 0.2) is 0 Å². The zero-order chi connectivity index (χ0) is 18.1. The summed E-state index contributed by atoms with van der Waals surface area (Å²) < 4.78 is 0. The maximum Gasteiger partial charge on any atom is 0.321 e. The summed E-state index contributed by atoms with van der Waals surface area (Å²) in [5.74, 6) is 0.611. The van der Waals surface area contributed by atoms with Crippen LogP contribution in [0.3, 0.4) is 0 Å². The number of hydrogen-bond donors (Lipinski definition) is 2. The molecular weight excluding hydrogens is 338 g/mol. The van der Waals surface area contributed by atoms with Gasteiger partial charge in [-0.1, -0.05) is 24.4 Å². The van der Waals surface area contributed by atoms with Crippen molar-refractivity contribution in [3.05, 3.63) is 29.3 Å². The Balaban J connectivity index is 1.68. The van der Waals surface area contributed by atoms with Gasteiger partial charge in [0.1, 0.15) is 0 Å². The highest BCUT2D eigenvalue weighted by molar-refractivity contribution is 6.30. The van der Waals surface area contributed by atoms with Crippen LogP contribution in [0.15, 0.2) is 24.3 Å². The molecule has 6 heteroatoms. The second kappa shape index (κ2) is 10.3. The average Bonchev–Trinajstić information content (AvgIpc) is 2.60. The Hall–Kier alpha value is -1.75. The summed E-state index contributed by atoms with van der Waals surface area (Å²) in [7, 11) is 0. The Morgan fingerprint density at radius 3 is 2.68 bits per heavy atom. The molecule has 1 aromatic rings. The van der Waals surface area contributed by atoms with Gasteiger partial charge in [-0.05, 0) is 55.9 Å². The van der Waals surface area contributed by atoms with Gasteiger partial charge in [0.05, 0.1) is 0 Å². The second-order valence-corrected chi connectivity index (χ2v) is 7.16. The maximum absolute atomic E-state index is 12.4. The molecule has 2 N–H and O–H groups in total. The second-order valence-electron chi connectivity index (χ2n) is 6.72. The van der Waals surface area contributed by atoms with Crippen molar-refractivity contribution in [2.75, 3.05) is 25.0 Å². The van der Waals surface area contributed by atoms with Crippen molar-refractivity contribution in [2.24, 2.45) is 5.92 Å². The van der Waals surface area contributed by atoms with Crippen molar-refractivity contribution in [3.8, 4) is 0 Å². The van der Waals surface area contributed by atoms with E-state index in [2.05, 4.69) is 10.6 Å². The Bertz CT molecular complexity index is 562. The number of nitrogens with zero attached hydrogens (tertiary/aromatic N) is 1. The Kier molecular flexibility index (Phi) is 8.06. The summed E-state index contributed by atoms with van der Waals surface area (Å²) in [6.45, 7) is 3.95. The predicted molar refractivity (Wildman–Crippen MR) is 102 cm³/mol. The summed E-state index contributed by atoms with van der Waals surface area (Å²) in [6.07, 6.45) is 6.68. The number of carbonyl (C=O) groups is 2. The van der Waals surface area contributed by atoms with Gasteiger partial charge in [-0.2, -0.15) is 0 Å². The Labute approximate surface area is 155 Å². The molecule has 138 valence electrons. The first-order valence-electron chi connectivity index (χ1n) is 9.10. The van der Waals surface area contributed by atoms with Crippen LogP contribution in [0.25, 0.3) is 0 Å². The van der Waals surface area contributed by atoms with E-state index in [1.165, 1.54) is 6.42 Å². The third-order valence-corrected chi connectivity index (χ3v) is 4.82. The molecule has 1 atom stereocenters. The van der Waals surface area contributed by atoms with E-state index in [0.717, 1.165) is 57.4 Å². The molecule has 1 aliphatic rings. The summed E-state index contributed by atoms with van der Waals surface area (Å²) in [5.41, 5.74) is 0.773. The number of rotatable bonds is 7. The number of amides is 3. The van der Waals surface area contributed by atoms with Crippen LogP contribution in [0.5, 0.6) is 0 Å². The number of piperidine rings is 1. The van der Waals surface area contributed by atoms with E-state index in [-0.39, 0.29) is 11.9 Å². The van der Waals surface area contributed by atoms with Crippen molar-refractivity contribution < 1.29 is 9.59 Å². The van der Waals surface area contributed by atoms with Gasteiger partial charge in [-0.15, -0.1) is 0 Å². The number of likely N-dealkylation sites (tertiary alicyclic amines) is 1. The van der Waals surface area contributed by atoms with Crippen LogP contribution in [-0.4, -0.2) is 36.5 Å². The highest BCUT2D eigenvalue weighted by Gasteiger charge is 2.23. The van der Waals surface area contributed by atoms with E-state index in [9.17, 15) is 9.59 Å². The lowest BCUT2D eigenvalue weighted by atomic mass is 9.92. The third-order valence-electron chi connectivity index (χ3n) is 4.56. The standard InChI is InChI=1S/C19H28ClN3O2/c1-15(24)21-12-4-2-3-6-16-7-5-13-23(14-16)19(25)22-18-10-8-17(20)9-11-18/h8-11,16H,2-7,12-14H2,1H3,(H,21,24)(H,22,25)/t16-/m0/s1. The predicted octanol–water partition coefficient (Wildman–Crippen LogP) is 4.28. The van der Waals surface area contributed by atoms with Crippen LogP contribution >= 0.6 is 11.6 Å². The van der Waals surface area contributed by atoms with E-state index in [1.54, 1.807) is 19.1 Å². The van der Waals surface area contributed by atoms with Crippen LogP contribution < -0.4 is 10.6 Å². The maximum atomic E-state index is 12.4. The molecule has 1 saturated heterocycles. The molecule has 5 nitrogen and oxygen atoms in total. The minimum Gasteiger partial charge on any atom is -0.356 e. The fourth-order valence-electron chi connectivity index (χ4n) is 3.22. The number of hydrogen-bond acceptors (Lipinski definition) is 2. The number of carbonyl (C=O) groups excluding carboxylic acids is 2. The monoisotopic (exact) mass is 365 g/mol. The fraction of sp³-hybridized carbons (Fsp3) is 0.579. The number of halogens is 1. The molecule has 0 saturated carbocycles. The summed E-state index contributed by atoms with van der Waals surface area (Å²) in [4.78, 5) is 25.1. The van der Waals surface area contributed by atoms with Crippen LogP contribution in [0.1, 0.15) is 45.4 Å². The first-order chi connectivity index (χ1) is 12.0. The van der Waals surface area contributed by atoms with Gasteiger partial charge >= 0.3 is 6.03 Å². The lowest BCUT2D eigenvalue weighted by Gasteiger charge is -2.33. The SMILES string of the molecule is CC(=O)NCCCCC[C@H]1CCCN(C(=O)Nc2ccc(Cl)cc2)C1. The number of urea groups is 1. The van der Waals surface area contributed by atoms with Gasteiger partial charge in [0, 0.05) is 37.3 Å². The molecule has 0 aromatic heterocycles. The number of unbranched alkanes of at least 4 members (excludes halogenated alkanes) is 2. The summed E-state index contributed by atoms with van der Waals surface area (Å²) >= 11 is 5.87. The van der Waals surface area contributed by atoms with Crippen molar-refractivity contribution in [3.63, 3.8) is 0 Å². The van der Waals surface area contributed by atoms with Gasteiger partial charge in [-0.25, -0.2) is 4.79 Å². The zero-order valence-electron chi connectivity index (χ0n) is 14.9.